The third kappa shape index (κ3) is 4.35. The second kappa shape index (κ2) is 8.53. The molecule has 1 aliphatic heterocycles. The lowest BCUT2D eigenvalue weighted by molar-refractivity contribution is -0.118. The highest BCUT2D eigenvalue weighted by Crippen LogP contribution is 2.35. The molecule has 0 amide bonds. The molecule has 3 aromatic rings. The lowest BCUT2D eigenvalue weighted by Crippen LogP contribution is -2.23. The number of carbonyl (C=O) groups is 2. The minimum absolute atomic E-state index is 0.148. The van der Waals surface area contributed by atoms with Crippen molar-refractivity contribution in [1.29, 1.82) is 0 Å². The largest absolute Gasteiger partial charge is 0.478 e. The van der Waals surface area contributed by atoms with Gasteiger partial charge in [-0.25, -0.2) is 4.79 Å². The Labute approximate surface area is 173 Å². The molecule has 0 bridgehead atoms. The molecule has 29 heavy (non-hydrogen) atoms. The van der Waals surface area contributed by atoms with Crippen LogP contribution in [0.25, 0.3) is 0 Å². The highest BCUT2D eigenvalue weighted by molar-refractivity contribution is 7.97. The minimum atomic E-state index is -0.931. The van der Waals surface area contributed by atoms with Crippen LogP contribution in [0.15, 0.2) is 83.8 Å². The number of Topliss-reactive ketones (excluding diaryl/α,β-unsaturated/α-hetero) is 1. The van der Waals surface area contributed by atoms with Crippen molar-refractivity contribution < 1.29 is 14.7 Å². The summed E-state index contributed by atoms with van der Waals surface area (Å²) in [4.78, 5) is 26.1. The van der Waals surface area contributed by atoms with E-state index in [2.05, 4.69) is 29.2 Å². The fourth-order valence-electron chi connectivity index (χ4n) is 3.50. The van der Waals surface area contributed by atoms with E-state index in [0.717, 1.165) is 28.6 Å². The predicted molar refractivity (Wildman–Crippen MR) is 118 cm³/mol. The summed E-state index contributed by atoms with van der Waals surface area (Å²) >= 11 is 0. The van der Waals surface area contributed by atoms with Crippen LogP contribution in [0.3, 0.4) is 0 Å². The molecule has 1 saturated heterocycles. The van der Waals surface area contributed by atoms with Gasteiger partial charge in [0.05, 0.1) is 18.4 Å². The van der Waals surface area contributed by atoms with E-state index in [1.807, 2.05) is 42.5 Å². The van der Waals surface area contributed by atoms with E-state index < -0.39 is 5.97 Å². The standard InChI is InChI=1S/C24H21NO3S/c26-22-14-16-29(17-15-22)23-12-10-21(11-13-23)25(19-4-2-1-3-5-19)20-8-6-18(7-9-20)24(27)28/h1-13H,14-17H2/p+1. The van der Waals surface area contributed by atoms with Crippen molar-refractivity contribution in [3.8, 4) is 0 Å². The Kier molecular flexibility index (Phi) is 5.67. The van der Waals surface area contributed by atoms with E-state index in [-0.39, 0.29) is 16.5 Å². The number of carbonyl (C=O) groups excluding carboxylic acids is 1. The lowest BCUT2D eigenvalue weighted by atomic mass is 10.1. The van der Waals surface area contributed by atoms with Crippen molar-refractivity contribution in [1.82, 2.24) is 0 Å². The molecule has 1 N–H and O–H groups in total. The number of hydrogen-bond donors (Lipinski definition) is 1. The van der Waals surface area contributed by atoms with Gasteiger partial charge in [0.15, 0.2) is 4.90 Å². The zero-order valence-corrected chi connectivity index (χ0v) is 16.8. The lowest BCUT2D eigenvalue weighted by Gasteiger charge is -2.25. The van der Waals surface area contributed by atoms with Crippen LogP contribution in [0.4, 0.5) is 17.1 Å². The molecule has 0 aromatic heterocycles. The molecule has 0 radical (unpaired) electrons. The number of rotatable bonds is 5. The minimum Gasteiger partial charge on any atom is -0.478 e. The summed E-state index contributed by atoms with van der Waals surface area (Å²) in [6.45, 7) is 0. The average molecular weight is 405 g/mol. The molecule has 0 saturated carbocycles. The number of para-hydroxylation sites is 1. The molecule has 0 unspecified atom stereocenters. The first kappa shape index (κ1) is 19.3. The second-order valence-electron chi connectivity index (χ2n) is 6.96. The van der Waals surface area contributed by atoms with Gasteiger partial charge in [0, 0.05) is 28.0 Å². The number of nitrogens with zero attached hydrogens (tertiary/aromatic N) is 1. The average Bonchev–Trinajstić information content (AvgIpc) is 2.76. The molecule has 4 rings (SSSR count). The zero-order chi connectivity index (χ0) is 20.2. The molecule has 0 atom stereocenters. The van der Waals surface area contributed by atoms with Crippen LogP contribution >= 0.6 is 0 Å². The highest BCUT2D eigenvalue weighted by Gasteiger charge is 2.28. The SMILES string of the molecule is O=C1CC[S+](c2ccc(N(c3ccccc3)c3ccc(C(=O)O)cc3)cc2)CC1. The molecule has 0 spiro atoms. The van der Waals surface area contributed by atoms with Crippen molar-refractivity contribution in [2.24, 2.45) is 0 Å². The van der Waals surface area contributed by atoms with Crippen LogP contribution in [0.1, 0.15) is 23.2 Å². The van der Waals surface area contributed by atoms with Crippen molar-refractivity contribution in [3.63, 3.8) is 0 Å². The summed E-state index contributed by atoms with van der Waals surface area (Å²) < 4.78 is 0. The van der Waals surface area contributed by atoms with Crippen LogP contribution < -0.4 is 4.90 Å². The van der Waals surface area contributed by atoms with E-state index in [9.17, 15) is 14.7 Å². The Morgan fingerprint density at radius 1 is 0.759 bits per heavy atom. The van der Waals surface area contributed by atoms with Gasteiger partial charge in [-0.1, -0.05) is 18.2 Å². The van der Waals surface area contributed by atoms with Crippen molar-refractivity contribution in [3.05, 3.63) is 84.4 Å². The third-order valence-corrected chi connectivity index (χ3v) is 7.40. The maximum atomic E-state index is 11.5. The van der Waals surface area contributed by atoms with Crippen LogP contribution in [-0.4, -0.2) is 28.4 Å². The van der Waals surface area contributed by atoms with Gasteiger partial charge >= 0.3 is 5.97 Å². The molecule has 1 aliphatic rings. The zero-order valence-electron chi connectivity index (χ0n) is 16.0. The van der Waals surface area contributed by atoms with Gasteiger partial charge in [-0.3, -0.25) is 4.79 Å². The number of anilines is 3. The molecule has 1 heterocycles. The molecular formula is C24H22NO3S+. The van der Waals surface area contributed by atoms with Gasteiger partial charge in [-0.2, -0.15) is 0 Å². The van der Waals surface area contributed by atoms with Crippen LogP contribution in [0.2, 0.25) is 0 Å². The van der Waals surface area contributed by atoms with Gasteiger partial charge in [-0.15, -0.1) is 0 Å². The number of aromatic carboxylic acids is 1. The Morgan fingerprint density at radius 2 is 1.28 bits per heavy atom. The Bertz CT molecular complexity index is 991. The molecule has 3 aromatic carbocycles. The fourth-order valence-corrected chi connectivity index (χ4v) is 5.65. The first-order valence-electron chi connectivity index (χ1n) is 9.59. The summed E-state index contributed by atoms with van der Waals surface area (Å²) in [6.07, 6.45) is 1.38. The fraction of sp³-hybridized carbons (Fsp3) is 0.167. The van der Waals surface area contributed by atoms with Gasteiger partial charge in [0.2, 0.25) is 0 Å². The summed E-state index contributed by atoms with van der Waals surface area (Å²) in [6, 6.07) is 25.5. The van der Waals surface area contributed by atoms with Crippen LogP contribution in [0.5, 0.6) is 0 Å². The molecule has 1 fully saturated rings. The number of carboxylic acids is 1. The summed E-state index contributed by atoms with van der Waals surface area (Å²) in [7, 11) is 0.148. The van der Waals surface area contributed by atoms with E-state index in [0.29, 0.717) is 18.6 Å². The van der Waals surface area contributed by atoms with E-state index in [1.54, 1.807) is 12.1 Å². The summed E-state index contributed by atoms with van der Waals surface area (Å²) in [5.41, 5.74) is 3.19. The number of carboxylic acid groups (broad SMARTS) is 1. The number of benzene rings is 3. The number of ketones is 1. The van der Waals surface area contributed by atoms with Crippen LogP contribution in [0, 0.1) is 0 Å². The Balaban J connectivity index is 1.66. The Morgan fingerprint density at radius 3 is 1.83 bits per heavy atom. The first-order chi connectivity index (χ1) is 14.1. The first-order valence-corrected chi connectivity index (χ1v) is 11.2. The highest BCUT2D eigenvalue weighted by atomic mass is 32.2. The number of hydrogen-bond acceptors (Lipinski definition) is 3. The molecule has 5 heteroatoms. The third-order valence-electron chi connectivity index (χ3n) is 5.07. The molecule has 0 aliphatic carbocycles. The van der Waals surface area contributed by atoms with Crippen molar-refractivity contribution in [2.75, 3.05) is 16.4 Å². The Hall–Kier alpha value is -3.05. The normalized spacial score (nSPS) is 14.6. The van der Waals surface area contributed by atoms with Crippen molar-refractivity contribution >= 4 is 39.7 Å². The van der Waals surface area contributed by atoms with Gasteiger partial charge in [0.25, 0.3) is 0 Å². The summed E-state index contributed by atoms with van der Waals surface area (Å²) in [5, 5.41) is 9.19. The van der Waals surface area contributed by atoms with Gasteiger partial charge < -0.3 is 10.0 Å². The predicted octanol–water partition coefficient (Wildman–Crippen LogP) is 5.19. The smallest absolute Gasteiger partial charge is 0.335 e. The maximum Gasteiger partial charge on any atom is 0.335 e. The second-order valence-corrected chi connectivity index (χ2v) is 9.23. The summed E-state index contributed by atoms with van der Waals surface area (Å²) in [5.74, 6) is 1.36. The molecular weight excluding hydrogens is 382 g/mol. The topological polar surface area (TPSA) is 57.6 Å². The van der Waals surface area contributed by atoms with Crippen LogP contribution in [-0.2, 0) is 15.7 Å². The van der Waals surface area contributed by atoms with Gasteiger partial charge in [0.1, 0.15) is 17.3 Å². The van der Waals surface area contributed by atoms with E-state index >= 15 is 0 Å². The monoisotopic (exact) mass is 404 g/mol. The maximum absolute atomic E-state index is 11.5. The van der Waals surface area contributed by atoms with E-state index in [4.69, 9.17) is 0 Å². The quantitative estimate of drug-likeness (QED) is 0.594. The molecule has 4 nitrogen and oxygen atoms in total. The van der Waals surface area contributed by atoms with E-state index in [1.165, 1.54) is 4.90 Å². The van der Waals surface area contributed by atoms with Crippen molar-refractivity contribution in [2.45, 2.75) is 17.7 Å². The van der Waals surface area contributed by atoms with Gasteiger partial charge in [-0.05, 0) is 60.7 Å². The molecule has 146 valence electrons.